The number of nitrogens with zero attached hydrogens (tertiary/aromatic N) is 2. The van der Waals surface area contributed by atoms with Crippen molar-refractivity contribution in [3.05, 3.63) is 78.1 Å². The van der Waals surface area contributed by atoms with Crippen molar-refractivity contribution in [2.75, 3.05) is 7.11 Å². The van der Waals surface area contributed by atoms with Crippen molar-refractivity contribution in [1.29, 1.82) is 0 Å². The molecule has 0 fully saturated rings. The lowest BCUT2D eigenvalue weighted by atomic mass is 10.2. The predicted molar refractivity (Wildman–Crippen MR) is 85.9 cm³/mol. The van der Waals surface area contributed by atoms with Crippen molar-refractivity contribution < 1.29 is 10.1 Å². The number of hydrogen-bond donors (Lipinski definition) is 1. The molecule has 0 radical (unpaired) electrons. The van der Waals surface area contributed by atoms with Crippen LogP contribution in [0.5, 0.6) is 5.75 Å². The van der Waals surface area contributed by atoms with Crippen LogP contribution in [-0.2, 0) is 13.1 Å². The van der Waals surface area contributed by atoms with E-state index in [0.717, 1.165) is 24.5 Å². The van der Waals surface area contributed by atoms with Crippen molar-refractivity contribution in [2.45, 2.75) is 13.1 Å². The maximum Gasteiger partial charge on any atom is 0.119 e. The fraction of sp³-hybridized carbons (Fsp3) is 0.167. The molecule has 0 aliphatic rings. The Kier molecular flexibility index (Phi) is 4.51. The van der Waals surface area contributed by atoms with Gasteiger partial charge in [-0.05, 0) is 24.3 Å². The second-order valence-corrected chi connectivity index (χ2v) is 5.18. The lowest BCUT2D eigenvalue weighted by Crippen LogP contribution is -2.80. The molecule has 1 heterocycles. The van der Waals surface area contributed by atoms with Gasteiger partial charge in [-0.3, -0.25) is 0 Å². The van der Waals surface area contributed by atoms with Gasteiger partial charge in [-0.2, -0.15) is 5.10 Å². The zero-order valence-corrected chi connectivity index (χ0v) is 12.6. The van der Waals surface area contributed by atoms with Gasteiger partial charge in [0.25, 0.3) is 0 Å². The third-order valence-electron chi connectivity index (χ3n) is 3.55. The molecule has 22 heavy (non-hydrogen) atoms. The molecule has 3 rings (SSSR count). The number of para-hydroxylation sites is 1. The highest BCUT2D eigenvalue weighted by atomic mass is 16.5. The minimum atomic E-state index is 0.905. The molecule has 0 saturated heterocycles. The minimum absolute atomic E-state index is 0.905. The van der Waals surface area contributed by atoms with Crippen LogP contribution in [0.3, 0.4) is 0 Å². The minimum Gasteiger partial charge on any atom is -0.497 e. The molecule has 0 amide bonds. The van der Waals surface area contributed by atoms with Crippen LogP contribution in [-0.4, -0.2) is 16.9 Å². The lowest BCUT2D eigenvalue weighted by molar-refractivity contribution is -0.686. The molecule has 0 bridgehead atoms. The third kappa shape index (κ3) is 3.54. The van der Waals surface area contributed by atoms with Gasteiger partial charge in [0.2, 0.25) is 0 Å². The Bertz CT molecular complexity index is 722. The Morgan fingerprint density at radius 1 is 1.00 bits per heavy atom. The van der Waals surface area contributed by atoms with Gasteiger partial charge in [-0.1, -0.05) is 30.3 Å². The molecule has 0 atom stereocenters. The van der Waals surface area contributed by atoms with Gasteiger partial charge >= 0.3 is 0 Å². The number of nitrogens with two attached hydrogens (primary N) is 1. The molecule has 3 aromatic rings. The first-order valence-corrected chi connectivity index (χ1v) is 7.39. The molecular weight excluding hydrogens is 274 g/mol. The van der Waals surface area contributed by atoms with E-state index in [9.17, 15) is 0 Å². The fourth-order valence-electron chi connectivity index (χ4n) is 2.39. The van der Waals surface area contributed by atoms with E-state index < -0.39 is 0 Å². The first-order valence-electron chi connectivity index (χ1n) is 7.39. The summed E-state index contributed by atoms with van der Waals surface area (Å²) >= 11 is 0. The van der Waals surface area contributed by atoms with E-state index in [1.165, 1.54) is 11.1 Å². The average Bonchev–Trinajstić information content (AvgIpc) is 3.05. The van der Waals surface area contributed by atoms with E-state index in [1.54, 1.807) is 7.11 Å². The van der Waals surface area contributed by atoms with Crippen LogP contribution in [0.15, 0.2) is 67.0 Å². The quantitative estimate of drug-likeness (QED) is 0.757. The monoisotopic (exact) mass is 294 g/mol. The summed E-state index contributed by atoms with van der Waals surface area (Å²) in [5, 5.41) is 6.68. The largest absolute Gasteiger partial charge is 0.497 e. The number of methoxy groups -OCH3 is 1. The summed E-state index contributed by atoms with van der Waals surface area (Å²) < 4.78 is 7.16. The van der Waals surface area contributed by atoms with Crippen LogP contribution < -0.4 is 10.1 Å². The number of aromatic nitrogens is 2. The summed E-state index contributed by atoms with van der Waals surface area (Å²) in [6.45, 7) is 1.83. The van der Waals surface area contributed by atoms with Gasteiger partial charge in [0.15, 0.2) is 0 Å². The Morgan fingerprint density at radius 3 is 2.64 bits per heavy atom. The summed E-state index contributed by atoms with van der Waals surface area (Å²) in [6.07, 6.45) is 4.01. The zero-order chi connectivity index (χ0) is 15.2. The topological polar surface area (TPSA) is 43.7 Å². The molecule has 0 spiro atoms. The summed E-state index contributed by atoms with van der Waals surface area (Å²) in [7, 11) is 1.70. The van der Waals surface area contributed by atoms with Gasteiger partial charge in [-0.15, -0.1) is 0 Å². The van der Waals surface area contributed by atoms with E-state index in [-0.39, 0.29) is 0 Å². The number of rotatable bonds is 6. The van der Waals surface area contributed by atoms with E-state index in [0.29, 0.717) is 0 Å². The number of hydrogen-bond acceptors (Lipinski definition) is 2. The van der Waals surface area contributed by atoms with Crippen LogP contribution in [0.2, 0.25) is 0 Å². The normalized spacial score (nSPS) is 10.6. The number of benzene rings is 2. The number of ether oxygens (including phenoxy) is 1. The van der Waals surface area contributed by atoms with Crippen LogP contribution in [0, 0.1) is 0 Å². The zero-order valence-electron chi connectivity index (χ0n) is 12.6. The van der Waals surface area contributed by atoms with E-state index >= 15 is 0 Å². The Balaban J connectivity index is 1.57. The van der Waals surface area contributed by atoms with Crippen molar-refractivity contribution in [3.63, 3.8) is 0 Å². The van der Waals surface area contributed by atoms with Gasteiger partial charge < -0.3 is 10.1 Å². The SMILES string of the molecule is COc1cccc(C[NH2+]Cc2cnn(-c3ccccc3)c2)c1. The van der Waals surface area contributed by atoms with Crippen LogP contribution in [0.4, 0.5) is 0 Å². The summed E-state index contributed by atoms with van der Waals surface area (Å²) in [5.74, 6) is 0.905. The molecule has 0 aliphatic carbocycles. The van der Waals surface area contributed by atoms with Crippen LogP contribution in [0.1, 0.15) is 11.1 Å². The van der Waals surface area contributed by atoms with E-state index in [2.05, 4.69) is 40.9 Å². The summed E-state index contributed by atoms with van der Waals surface area (Å²) in [6, 6.07) is 18.3. The van der Waals surface area contributed by atoms with Gasteiger partial charge in [-0.25, -0.2) is 4.68 Å². The van der Waals surface area contributed by atoms with Crippen molar-refractivity contribution in [3.8, 4) is 11.4 Å². The molecule has 1 aromatic heterocycles. The highest BCUT2D eigenvalue weighted by Gasteiger charge is 2.03. The van der Waals surface area contributed by atoms with E-state index in [1.807, 2.05) is 41.2 Å². The first-order chi connectivity index (χ1) is 10.8. The van der Waals surface area contributed by atoms with Crippen LogP contribution >= 0.6 is 0 Å². The molecular formula is C18H20N3O+. The molecule has 0 saturated carbocycles. The van der Waals surface area contributed by atoms with Crippen molar-refractivity contribution in [2.24, 2.45) is 0 Å². The molecule has 0 unspecified atom stereocenters. The van der Waals surface area contributed by atoms with Gasteiger partial charge in [0.05, 0.1) is 19.0 Å². The van der Waals surface area contributed by atoms with Gasteiger partial charge in [0, 0.05) is 17.3 Å². The molecule has 0 aliphatic heterocycles. The summed E-state index contributed by atoms with van der Waals surface area (Å²) in [4.78, 5) is 0. The molecule has 112 valence electrons. The highest BCUT2D eigenvalue weighted by Crippen LogP contribution is 2.11. The van der Waals surface area contributed by atoms with Crippen molar-refractivity contribution in [1.82, 2.24) is 9.78 Å². The fourth-order valence-corrected chi connectivity index (χ4v) is 2.39. The second kappa shape index (κ2) is 6.91. The smallest absolute Gasteiger partial charge is 0.119 e. The molecule has 2 N–H and O–H groups in total. The van der Waals surface area contributed by atoms with E-state index in [4.69, 9.17) is 4.74 Å². The number of quaternary nitrogens is 1. The van der Waals surface area contributed by atoms with Crippen LogP contribution in [0.25, 0.3) is 5.69 Å². The first kappa shape index (κ1) is 14.4. The molecule has 2 aromatic carbocycles. The summed E-state index contributed by atoms with van der Waals surface area (Å²) in [5.41, 5.74) is 3.56. The molecule has 4 heteroatoms. The Labute approximate surface area is 130 Å². The van der Waals surface area contributed by atoms with Crippen molar-refractivity contribution >= 4 is 0 Å². The third-order valence-corrected chi connectivity index (χ3v) is 3.55. The second-order valence-electron chi connectivity index (χ2n) is 5.18. The lowest BCUT2D eigenvalue weighted by Gasteiger charge is -2.03. The maximum atomic E-state index is 5.24. The Hall–Kier alpha value is -2.59. The average molecular weight is 294 g/mol. The molecule has 4 nitrogen and oxygen atoms in total. The highest BCUT2D eigenvalue weighted by molar-refractivity contribution is 5.31. The van der Waals surface area contributed by atoms with Gasteiger partial charge in [0.1, 0.15) is 18.8 Å². The standard InChI is InChI=1S/C18H19N3O/c1-22-18-9-5-6-15(10-18)11-19-12-16-13-20-21(14-16)17-7-3-2-4-8-17/h2-10,13-14,19H,11-12H2,1H3/p+1. The Morgan fingerprint density at radius 2 is 1.82 bits per heavy atom. The maximum absolute atomic E-state index is 5.24. The predicted octanol–water partition coefficient (Wildman–Crippen LogP) is 2.14.